The number of rotatable bonds is 9. The van der Waals surface area contributed by atoms with Crippen molar-refractivity contribution in [1.82, 2.24) is 4.57 Å². The molecule has 0 spiro atoms. The zero-order valence-corrected chi connectivity index (χ0v) is 27.3. The molecule has 0 radical (unpaired) electrons. The molecular weight excluding hydrogens is 652 g/mol. The molecule has 1 atom stereocenters. The number of hydrogen-bond donors (Lipinski definition) is 0. The number of esters is 1. The van der Waals surface area contributed by atoms with Gasteiger partial charge in [-0.25, -0.2) is 9.79 Å². The molecule has 0 amide bonds. The summed E-state index contributed by atoms with van der Waals surface area (Å²) in [4.78, 5) is 32.3. The Bertz CT molecular complexity index is 1900. The van der Waals surface area contributed by atoms with Gasteiger partial charge in [-0.2, -0.15) is 0 Å². The Balaban J connectivity index is 1.59. The molecular formula is C33H30BrClN2O5S. The van der Waals surface area contributed by atoms with Gasteiger partial charge in [-0.15, -0.1) is 0 Å². The molecule has 1 aliphatic rings. The number of benzene rings is 3. The minimum Gasteiger partial charge on any atom is -0.490 e. The minimum absolute atomic E-state index is 0.217. The molecule has 2 heterocycles. The number of aryl methyl sites for hydroxylation is 1. The molecule has 5 rings (SSSR count). The summed E-state index contributed by atoms with van der Waals surface area (Å²) >= 11 is 11.2. The van der Waals surface area contributed by atoms with Crippen LogP contribution in [0.15, 0.2) is 86.2 Å². The summed E-state index contributed by atoms with van der Waals surface area (Å²) in [5.74, 6) is 0.594. The van der Waals surface area contributed by atoms with Crippen molar-refractivity contribution in [3.63, 3.8) is 0 Å². The van der Waals surface area contributed by atoms with Crippen LogP contribution >= 0.6 is 38.9 Å². The topological polar surface area (TPSA) is 79.1 Å². The van der Waals surface area contributed by atoms with Crippen LogP contribution in [0.1, 0.15) is 49.1 Å². The van der Waals surface area contributed by atoms with E-state index in [1.807, 2.05) is 74.5 Å². The van der Waals surface area contributed by atoms with E-state index < -0.39 is 12.0 Å². The Kier molecular flexibility index (Phi) is 9.54. The SMILES string of the molecule is CCOC(=O)C1=C(C)N=c2s/c(=C\c3cc(OCC)c(OCc4ccccc4Cl)cc3Br)c(=O)n2[C@H]1c1ccc(C)cc1. The summed E-state index contributed by atoms with van der Waals surface area (Å²) in [6.45, 7) is 8.33. The van der Waals surface area contributed by atoms with Crippen molar-refractivity contribution in [2.75, 3.05) is 13.2 Å². The third-order valence-electron chi connectivity index (χ3n) is 6.90. The molecule has 0 unspecified atom stereocenters. The number of carbonyl (C=O) groups is 1. The fourth-order valence-electron chi connectivity index (χ4n) is 4.81. The summed E-state index contributed by atoms with van der Waals surface area (Å²) in [5.41, 5.74) is 4.08. The number of fused-ring (bicyclic) bond motifs is 1. The molecule has 1 aliphatic heterocycles. The lowest BCUT2D eigenvalue weighted by Gasteiger charge is -2.24. The van der Waals surface area contributed by atoms with E-state index in [1.165, 1.54) is 11.3 Å². The van der Waals surface area contributed by atoms with E-state index >= 15 is 0 Å². The zero-order chi connectivity index (χ0) is 30.7. The van der Waals surface area contributed by atoms with E-state index in [1.54, 1.807) is 24.5 Å². The zero-order valence-electron chi connectivity index (χ0n) is 24.1. The number of hydrogen-bond acceptors (Lipinski definition) is 7. The second-order valence-electron chi connectivity index (χ2n) is 9.85. The molecule has 7 nitrogen and oxygen atoms in total. The summed E-state index contributed by atoms with van der Waals surface area (Å²) in [6.07, 6.45) is 1.80. The highest BCUT2D eigenvalue weighted by Gasteiger charge is 2.33. The average molecular weight is 682 g/mol. The molecule has 0 bridgehead atoms. The Hall–Kier alpha value is -3.66. The van der Waals surface area contributed by atoms with Crippen LogP contribution < -0.4 is 24.4 Å². The van der Waals surface area contributed by atoms with Crippen LogP contribution in [0.3, 0.4) is 0 Å². The first-order valence-electron chi connectivity index (χ1n) is 13.8. The lowest BCUT2D eigenvalue weighted by molar-refractivity contribution is -0.139. The Labute approximate surface area is 266 Å². The van der Waals surface area contributed by atoms with E-state index in [4.69, 9.17) is 25.8 Å². The van der Waals surface area contributed by atoms with Gasteiger partial charge in [0.05, 0.1) is 35.1 Å². The van der Waals surface area contributed by atoms with E-state index in [2.05, 4.69) is 20.9 Å². The van der Waals surface area contributed by atoms with Crippen LogP contribution in [-0.4, -0.2) is 23.8 Å². The van der Waals surface area contributed by atoms with Crippen molar-refractivity contribution in [2.45, 2.75) is 40.3 Å². The van der Waals surface area contributed by atoms with Crippen molar-refractivity contribution < 1.29 is 19.0 Å². The first kappa shape index (κ1) is 30.8. The van der Waals surface area contributed by atoms with Gasteiger partial charge < -0.3 is 14.2 Å². The number of thiazole rings is 1. The largest absolute Gasteiger partial charge is 0.490 e. The molecule has 10 heteroatoms. The van der Waals surface area contributed by atoms with Gasteiger partial charge >= 0.3 is 5.97 Å². The van der Waals surface area contributed by atoms with Gasteiger partial charge in [0.25, 0.3) is 5.56 Å². The third kappa shape index (κ3) is 6.49. The van der Waals surface area contributed by atoms with Crippen LogP contribution in [0.5, 0.6) is 11.5 Å². The maximum absolute atomic E-state index is 14.0. The van der Waals surface area contributed by atoms with Crippen molar-refractivity contribution in [1.29, 1.82) is 0 Å². The van der Waals surface area contributed by atoms with Crippen LogP contribution in [-0.2, 0) is 16.1 Å². The van der Waals surface area contributed by atoms with E-state index in [-0.39, 0.29) is 18.8 Å². The molecule has 222 valence electrons. The van der Waals surface area contributed by atoms with Crippen molar-refractivity contribution in [3.05, 3.63) is 123 Å². The standard InChI is InChI=1S/C33H30BrClN2O5S/c1-5-40-26-15-23(24(34)17-27(26)42-18-22-9-7-8-10-25(22)35)16-28-31(38)37-30(21-13-11-19(3)12-14-21)29(32(39)41-6-2)20(4)36-33(37)43-28/h7-17,30H,5-6,18H2,1-4H3/b28-16-/t30-/m0/s1. The summed E-state index contributed by atoms with van der Waals surface area (Å²) in [5, 5.41) is 0.622. The lowest BCUT2D eigenvalue weighted by Crippen LogP contribution is -2.39. The first-order chi connectivity index (χ1) is 20.7. The van der Waals surface area contributed by atoms with E-state index in [0.717, 1.165) is 26.7 Å². The van der Waals surface area contributed by atoms with Crippen LogP contribution in [0.4, 0.5) is 0 Å². The van der Waals surface area contributed by atoms with Gasteiger partial charge in [-0.3, -0.25) is 9.36 Å². The van der Waals surface area contributed by atoms with Crippen LogP contribution in [0, 0.1) is 6.92 Å². The Morgan fingerprint density at radius 3 is 2.47 bits per heavy atom. The van der Waals surface area contributed by atoms with Crippen molar-refractivity contribution in [3.8, 4) is 11.5 Å². The molecule has 3 aromatic carbocycles. The fraction of sp³-hybridized carbons (Fsp3) is 0.242. The fourth-order valence-corrected chi connectivity index (χ4v) is 6.48. The van der Waals surface area contributed by atoms with Gasteiger partial charge in [0.15, 0.2) is 16.3 Å². The molecule has 0 saturated carbocycles. The second-order valence-corrected chi connectivity index (χ2v) is 12.1. The van der Waals surface area contributed by atoms with Gasteiger partial charge in [0.1, 0.15) is 6.61 Å². The molecule has 43 heavy (non-hydrogen) atoms. The highest BCUT2D eigenvalue weighted by molar-refractivity contribution is 9.10. The Morgan fingerprint density at radius 2 is 1.77 bits per heavy atom. The van der Waals surface area contributed by atoms with Gasteiger partial charge in [-0.1, -0.05) is 86.9 Å². The van der Waals surface area contributed by atoms with E-state index in [9.17, 15) is 9.59 Å². The summed E-state index contributed by atoms with van der Waals surface area (Å²) in [7, 11) is 0. The predicted octanol–water partition coefficient (Wildman–Crippen LogP) is 6.50. The summed E-state index contributed by atoms with van der Waals surface area (Å²) < 4.78 is 20.1. The Morgan fingerprint density at radius 1 is 1.05 bits per heavy atom. The highest BCUT2D eigenvalue weighted by atomic mass is 79.9. The average Bonchev–Trinajstić information content (AvgIpc) is 3.28. The lowest BCUT2D eigenvalue weighted by atomic mass is 9.95. The molecule has 0 N–H and O–H groups in total. The van der Waals surface area contributed by atoms with Gasteiger partial charge in [0, 0.05) is 15.1 Å². The predicted molar refractivity (Wildman–Crippen MR) is 173 cm³/mol. The summed E-state index contributed by atoms with van der Waals surface area (Å²) in [6, 6.07) is 18.3. The van der Waals surface area contributed by atoms with Crippen LogP contribution in [0.2, 0.25) is 5.02 Å². The van der Waals surface area contributed by atoms with E-state index in [0.29, 0.717) is 43.7 Å². The number of halogens is 2. The second kappa shape index (κ2) is 13.3. The molecule has 1 aromatic heterocycles. The molecule has 0 saturated heterocycles. The van der Waals surface area contributed by atoms with Gasteiger partial charge in [0.2, 0.25) is 0 Å². The number of allylic oxidation sites excluding steroid dienone is 1. The monoisotopic (exact) mass is 680 g/mol. The first-order valence-corrected chi connectivity index (χ1v) is 15.8. The molecule has 0 aliphatic carbocycles. The van der Waals surface area contributed by atoms with Crippen molar-refractivity contribution >= 4 is 50.9 Å². The van der Waals surface area contributed by atoms with Crippen LogP contribution in [0.25, 0.3) is 6.08 Å². The normalized spacial score (nSPS) is 14.7. The van der Waals surface area contributed by atoms with Crippen molar-refractivity contribution in [2.24, 2.45) is 4.99 Å². The minimum atomic E-state index is -0.666. The molecule has 4 aromatic rings. The number of nitrogens with zero attached hydrogens (tertiary/aromatic N) is 2. The maximum Gasteiger partial charge on any atom is 0.338 e. The number of carbonyl (C=O) groups excluding carboxylic acids is 1. The smallest absolute Gasteiger partial charge is 0.338 e. The maximum atomic E-state index is 14.0. The third-order valence-corrected chi connectivity index (χ3v) is 8.94. The number of ether oxygens (including phenoxy) is 3. The number of aromatic nitrogens is 1. The molecule has 0 fully saturated rings. The quantitative estimate of drug-likeness (QED) is 0.189. The highest BCUT2D eigenvalue weighted by Crippen LogP contribution is 2.35. The van der Waals surface area contributed by atoms with Gasteiger partial charge in [-0.05, 0) is 63.1 Å².